The number of hydrogen-bond donors (Lipinski definition) is 1. The Labute approximate surface area is 120 Å². The average molecular weight is 270 g/mol. The van der Waals surface area contributed by atoms with E-state index in [-0.39, 0.29) is 0 Å². The largest absolute Gasteiger partial charge is 0.306 e. The molecular formula is C16H22N4. The maximum absolute atomic E-state index is 4.17. The smallest absolute Gasteiger partial charge is 0.137 e. The van der Waals surface area contributed by atoms with Gasteiger partial charge >= 0.3 is 0 Å². The highest BCUT2D eigenvalue weighted by atomic mass is 15.3. The summed E-state index contributed by atoms with van der Waals surface area (Å²) in [7, 11) is 0. The van der Waals surface area contributed by atoms with Crippen LogP contribution < -0.4 is 5.32 Å². The van der Waals surface area contributed by atoms with E-state index in [9.17, 15) is 0 Å². The molecule has 4 nitrogen and oxygen atoms in total. The summed E-state index contributed by atoms with van der Waals surface area (Å²) in [6, 6.07) is 7.49. The van der Waals surface area contributed by atoms with Crippen molar-refractivity contribution in [3.8, 4) is 0 Å². The number of aromatic nitrogens is 3. The van der Waals surface area contributed by atoms with E-state index in [1.165, 1.54) is 23.1 Å². The molecule has 106 valence electrons. The van der Waals surface area contributed by atoms with Gasteiger partial charge in [-0.3, -0.25) is 4.68 Å². The van der Waals surface area contributed by atoms with E-state index in [0.29, 0.717) is 18.0 Å². The average Bonchev–Trinajstić information content (AvgIpc) is 2.99. The van der Waals surface area contributed by atoms with Crippen molar-refractivity contribution in [2.24, 2.45) is 0 Å². The Morgan fingerprint density at radius 2 is 2.30 bits per heavy atom. The molecule has 0 saturated heterocycles. The SMILES string of the molecule is Cc1cccc2c1C(C)CC2NC(C)Cn1cncn1. The lowest BCUT2D eigenvalue weighted by Crippen LogP contribution is -2.33. The Morgan fingerprint density at radius 1 is 1.45 bits per heavy atom. The molecule has 0 spiro atoms. The van der Waals surface area contributed by atoms with Gasteiger partial charge < -0.3 is 5.32 Å². The number of rotatable bonds is 4. The minimum Gasteiger partial charge on any atom is -0.306 e. The van der Waals surface area contributed by atoms with Gasteiger partial charge in [-0.2, -0.15) is 5.10 Å². The van der Waals surface area contributed by atoms with Crippen molar-refractivity contribution in [3.63, 3.8) is 0 Å². The Hall–Kier alpha value is -1.68. The van der Waals surface area contributed by atoms with Crippen LogP contribution in [0.5, 0.6) is 0 Å². The van der Waals surface area contributed by atoms with Gasteiger partial charge in [0.05, 0.1) is 6.54 Å². The van der Waals surface area contributed by atoms with Gasteiger partial charge in [0.15, 0.2) is 0 Å². The molecule has 0 radical (unpaired) electrons. The summed E-state index contributed by atoms with van der Waals surface area (Å²) < 4.78 is 1.88. The van der Waals surface area contributed by atoms with Gasteiger partial charge in [-0.25, -0.2) is 4.98 Å². The molecular weight excluding hydrogens is 248 g/mol. The molecule has 1 aliphatic rings. The normalized spacial score (nSPS) is 22.8. The molecule has 2 aromatic rings. The van der Waals surface area contributed by atoms with Crippen LogP contribution in [0.2, 0.25) is 0 Å². The molecule has 3 rings (SSSR count). The minimum absolute atomic E-state index is 0.375. The summed E-state index contributed by atoms with van der Waals surface area (Å²) in [6.45, 7) is 7.61. The van der Waals surface area contributed by atoms with Crippen LogP contribution >= 0.6 is 0 Å². The third-order valence-corrected chi connectivity index (χ3v) is 4.23. The third-order valence-electron chi connectivity index (χ3n) is 4.23. The van der Waals surface area contributed by atoms with Crippen molar-refractivity contribution >= 4 is 0 Å². The second-order valence-corrected chi connectivity index (χ2v) is 5.95. The van der Waals surface area contributed by atoms with Gasteiger partial charge in [-0.05, 0) is 42.9 Å². The van der Waals surface area contributed by atoms with Crippen LogP contribution in [-0.4, -0.2) is 20.8 Å². The van der Waals surface area contributed by atoms with Gasteiger partial charge in [0, 0.05) is 12.1 Å². The summed E-state index contributed by atoms with van der Waals surface area (Å²) in [5.41, 5.74) is 4.43. The first-order valence-corrected chi connectivity index (χ1v) is 7.33. The standard InChI is InChI=1S/C16H22N4/c1-11-5-4-6-14-15(7-12(2)16(11)14)19-13(3)8-20-10-17-9-18-20/h4-6,9-10,12-13,15,19H,7-8H2,1-3H3. The molecule has 3 atom stereocenters. The van der Waals surface area contributed by atoms with Crippen LogP contribution in [0.4, 0.5) is 0 Å². The van der Waals surface area contributed by atoms with E-state index >= 15 is 0 Å². The summed E-state index contributed by atoms with van der Waals surface area (Å²) >= 11 is 0. The Kier molecular flexibility index (Phi) is 3.57. The van der Waals surface area contributed by atoms with E-state index in [1.807, 2.05) is 4.68 Å². The molecule has 0 saturated carbocycles. The van der Waals surface area contributed by atoms with Crippen LogP contribution in [0.1, 0.15) is 48.9 Å². The maximum Gasteiger partial charge on any atom is 0.137 e. The van der Waals surface area contributed by atoms with E-state index in [4.69, 9.17) is 0 Å². The molecule has 4 heteroatoms. The van der Waals surface area contributed by atoms with E-state index in [0.717, 1.165) is 6.54 Å². The summed E-state index contributed by atoms with van der Waals surface area (Å²) in [5, 5.41) is 7.91. The van der Waals surface area contributed by atoms with E-state index < -0.39 is 0 Å². The lowest BCUT2D eigenvalue weighted by atomic mass is 9.98. The molecule has 0 fully saturated rings. The van der Waals surface area contributed by atoms with Crippen molar-refractivity contribution in [3.05, 3.63) is 47.5 Å². The fourth-order valence-electron chi connectivity index (χ4n) is 3.44. The maximum atomic E-state index is 4.17. The Bertz CT molecular complexity index is 576. The third kappa shape index (κ3) is 2.48. The van der Waals surface area contributed by atoms with Crippen molar-refractivity contribution in [1.82, 2.24) is 20.1 Å². The predicted molar refractivity (Wildman–Crippen MR) is 79.6 cm³/mol. The van der Waals surface area contributed by atoms with E-state index in [2.05, 4.69) is 54.4 Å². The molecule has 20 heavy (non-hydrogen) atoms. The first-order chi connectivity index (χ1) is 9.65. The molecule has 1 N–H and O–H groups in total. The van der Waals surface area contributed by atoms with Crippen LogP contribution in [-0.2, 0) is 6.54 Å². The number of fused-ring (bicyclic) bond motifs is 1. The van der Waals surface area contributed by atoms with Gasteiger partial charge in [0.25, 0.3) is 0 Å². The first-order valence-electron chi connectivity index (χ1n) is 7.33. The topological polar surface area (TPSA) is 42.7 Å². The van der Waals surface area contributed by atoms with Gasteiger partial charge in [-0.15, -0.1) is 0 Å². The Balaban J connectivity index is 1.72. The van der Waals surface area contributed by atoms with Crippen molar-refractivity contribution < 1.29 is 0 Å². The van der Waals surface area contributed by atoms with Gasteiger partial charge in [0.1, 0.15) is 12.7 Å². The molecule has 3 unspecified atom stereocenters. The van der Waals surface area contributed by atoms with Gasteiger partial charge in [0.2, 0.25) is 0 Å². The monoisotopic (exact) mass is 270 g/mol. The predicted octanol–water partition coefficient (Wildman–Crippen LogP) is 2.81. The van der Waals surface area contributed by atoms with Crippen molar-refractivity contribution in [2.75, 3.05) is 0 Å². The number of nitrogens with one attached hydrogen (secondary N) is 1. The van der Waals surface area contributed by atoms with Crippen molar-refractivity contribution in [2.45, 2.75) is 51.7 Å². The molecule has 1 aromatic heterocycles. The highest BCUT2D eigenvalue weighted by Gasteiger charge is 2.29. The van der Waals surface area contributed by atoms with Crippen LogP contribution in [0.15, 0.2) is 30.9 Å². The zero-order chi connectivity index (χ0) is 14.1. The molecule has 1 aliphatic carbocycles. The second kappa shape index (κ2) is 5.37. The van der Waals surface area contributed by atoms with Crippen LogP contribution in [0, 0.1) is 6.92 Å². The lowest BCUT2D eigenvalue weighted by Gasteiger charge is -2.20. The quantitative estimate of drug-likeness (QED) is 0.929. The fraction of sp³-hybridized carbons (Fsp3) is 0.500. The second-order valence-electron chi connectivity index (χ2n) is 5.95. The number of nitrogens with zero attached hydrogens (tertiary/aromatic N) is 3. The lowest BCUT2D eigenvalue weighted by molar-refractivity contribution is 0.390. The number of aryl methyl sites for hydroxylation is 1. The fourth-order valence-corrected chi connectivity index (χ4v) is 3.44. The zero-order valence-corrected chi connectivity index (χ0v) is 12.4. The van der Waals surface area contributed by atoms with Gasteiger partial charge in [-0.1, -0.05) is 25.1 Å². The zero-order valence-electron chi connectivity index (χ0n) is 12.4. The Morgan fingerprint density at radius 3 is 3.05 bits per heavy atom. The molecule has 1 aromatic carbocycles. The molecule has 0 amide bonds. The highest BCUT2D eigenvalue weighted by molar-refractivity contribution is 5.43. The highest BCUT2D eigenvalue weighted by Crippen LogP contribution is 2.41. The molecule has 0 bridgehead atoms. The number of benzene rings is 1. The first kappa shape index (κ1) is 13.3. The van der Waals surface area contributed by atoms with E-state index in [1.54, 1.807) is 12.7 Å². The van der Waals surface area contributed by atoms with Crippen LogP contribution in [0.3, 0.4) is 0 Å². The summed E-state index contributed by atoms with van der Waals surface area (Å²) in [6.07, 6.45) is 4.54. The van der Waals surface area contributed by atoms with Crippen LogP contribution in [0.25, 0.3) is 0 Å². The summed E-state index contributed by atoms with van der Waals surface area (Å²) in [4.78, 5) is 3.99. The van der Waals surface area contributed by atoms with Crippen molar-refractivity contribution in [1.29, 1.82) is 0 Å². The summed E-state index contributed by atoms with van der Waals surface area (Å²) in [5.74, 6) is 0.641. The molecule has 1 heterocycles. The minimum atomic E-state index is 0.375. The molecule has 0 aliphatic heterocycles. The number of hydrogen-bond acceptors (Lipinski definition) is 3.